The Morgan fingerprint density at radius 2 is 2.08 bits per heavy atom. The third kappa shape index (κ3) is 4.12. The summed E-state index contributed by atoms with van der Waals surface area (Å²) in [5, 5.41) is 8.52. The van der Waals surface area contributed by atoms with Gasteiger partial charge in [-0.1, -0.05) is 18.2 Å². The molecule has 0 fully saturated rings. The number of ether oxygens (including phenoxy) is 2. The maximum Gasteiger partial charge on any atom is 0.345 e. The van der Waals surface area contributed by atoms with Crippen molar-refractivity contribution in [3.63, 3.8) is 0 Å². The number of aromatic nitrogens is 2. The first-order valence-electron chi connectivity index (χ1n) is 7.63. The van der Waals surface area contributed by atoms with Gasteiger partial charge in [0.15, 0.2) is 0 Å². The molecule has 7 heteroatoms. The van der Waals surface area contributed by atoms with Crippen LogP contribution in [0.2, 0.25) is 0 Å². The molecule has 0 radical (unpaired) electrons. The number of benzene rings is 1. The normalized spacial score (nSPS) is 10.4. The molecule has 25 heavy (non-hydrogen) atoms. The van der Waals surface area contributed by atoms with E-state index in [4.69, 9.17) is 14.7 Å². The van der Waals surface area contributed by atoms with Crippen molar-refractivity contribution in [2.75, 3.05) is 13.2 Å². The van der Waals surface area contributed by atoms with Crippen LogP contribution in [-0.4, -0.2) is 28.7 Å². The van der Waals surface area contributed by atoms with Gasteiger partial charge in [0.05, 0.1) is 24.1 Å². The monoisotopic (exact) mass is 339 g/mol. The van der Waals surface area contributed by atoms with Gasteiger partial charge < -0.3 is 9.47 Å². The molecule has 1 aromatic carbocycles. The van der Waals surface area contributed by atoms with Crippen molar-refractivity contribution in [1.82, 2.24) is 9.55 Å². The number of rotatable bonds is 6. The summed E-state index contributed by atoms with van der Waals surface area (Å²) in [6, 6.07) is 10.6. The average Bonchev–Trinajstić information content (AvgIpc) is 2.59. The molecule has 7 nitrogen and oxygen atoms in total. The Labute approximate surface area is 144 Å². The van der Waals surface area contributed by atoms with Crippen molar-refractivity contribution in [3.05, 3.63) is 64.1 Å². The zero-order chi connectivity index (χ0) is 18.2. The number of nitriles is 1. The number of allylic oxidation sites excluding steroid dienone is 1. The molecule has 0 aliphatic rings. The molecule has 0 unspecified atom stereocenters. The summed E-state index contributed by atoms with van der Waals surface area (Å²) in [4.78, 5) is 29.2. The van der Waals surface area contributed by atoms with Crippen LogP contribution in [0, 0.1) is 18.3 Å². The third-order valence-corrected chi connectivity index (χ3v) is 3.23. The molecule has 0 bridgehead atoms. The van der Waals surface area contributed by atoms with Crippen LogP contribution in [0.5, 0.6) is 6.01 Å². The number of carbonyl (C=O) groups excluding carboxylic acids is 1. The number of esters is 1. The van der Waals surface area contributed by atoms with Gasteiger partial charge in [-0.2, -0.15) is 5.26 Å². The highest BCUT2D eigenvalue weighted by Gasteiger charge is 2.22. The van der Waals surface area contributed by atoms with Crippen LogP contribution in [-0.2, 0) is 4.74 Å². The predicted molar refractivity (Wildman–Crippen MR) is 90.8 cm³/mol. The summed E-state index contributed by atoms with van der Waals surface area (Å²) in [6.45, 7) is 3.42. The standard InChI is InChI=1S/C18H17N3O4/c1-3-24-17(23)15-13(2)20-18(25-12-8-7-11-19)21(16(15)22)14-9-5-4-6-10-14/h4-10H,3,12H2,1-2H3. The number of nitrogens with zero attached hydrogens (tertiary/aromatic N) is 3. The number of hydrogen-bond acceptors (Lipinski definition) is 6. The molecule has 0 aliphatic heterocycles. The van der Waals surface area contributed by atoms with Crippen LogP contribution in [0.4, 0.5) is 0 Å². The SMILES string of the molecule is CCOC(=O)c1c(C)nc(OCC=CC#N)n(-c2ccccc2)c1=O. The average molecular weight is 339 g/mol. The molecule has 1 aromatic heterocycles. The van der Waals surface area contributed by atoms with Crippen LogP contribution in [0.25, 0.3) is 5.69 Å². The molecule has 0 aliphatic carbocycles. The van der Waals surface area contributed by atoms with Crippen LogP contribution < -0.4 is 10.3 Å². The summed E-state index contributed by atoms with van der Waals surface area (Å²) in [5.74, 6) is -0.724. The molecule has 0 atom stereocenters. The van der Waals surface area contributed by atoms with E-state index in [1.165, 1.54) is 16.7 Å². The van der Waals surface area contributed by atoms with Crippen LogP contribution in [0.3, 0.4) is 0 Å². The van der Waals surface area contributed by atoms with E-state index in [1.54, 1.807) is 44.2 Å². The maximum absolute atomic E-state index is 12.9. The molecule has 0 saturated heterocycles. The minimum atomic E-state index is -0.724. The second kappa shape index (κ2) is 8.45. The van der Waals surface area contributed by atoms with Gasteiger partial charge in [-0.05, 0) is 32.1 Å². The van der Waals surface area contributed by atoms with Crippen LogP contribution in [0.1, 0.15) is 23.0 Å². The molecule has 0 amide bonds. The van der Waals surface area contributed by atoms with Crippen molar-refractivity contribution >= 4 is 5.97 Å². The van der Waals surface area contributed by atoms with Crippen molar-refractivity contribution in [1.29, 1.82) is 5.26 Å². The molecule has 2 aromatic rings. The quantitative estimate of drug-likeness (QED) is 0.591. The summed E-state index contributed by atoms with van der Waals surface area (Å²) < 4.78 is 11.7. The highest BCUT2D eigenvalue weighted by atomic mass is 16.5. The van der Waals surface area contributed by atoms with Gasteiger partial charge >= 0.3 is 12.0 Å². The van der Waals surface area contributed by atoms with Gasteiger partial charge in [-0.15, -0.1) is 0 Å². The second-order valence-corrected chi connectivity index (χ2v) is 4.89. The number of carbonyl (C=O) groups is 1. The van der Waals surface area contributed by atoms with E-state index in [1.807, 2.05) is 6.07 Å². The first-order valence-corrected chi connectivity index (χ1v) is 7.63. The van der Waals surface area contributed by atoms with E-state index in [2.05, 4.69) is 4.98 Å². The minimum absolute atomic E-state index is 0.0318. The van der Waals surface area contributed by atoms with E-state index in [9.17, 15) is 9.59 Å². The van der Waals surface area contributed by atoms with E-state index in [0.717, 1.165) is 0 Å². The third-order valence-electron chi connectivity index (χ3n) is 3.23. The molecule has 0 N–H and O–H groups in total. The van der Waals surface area contributed by atoms with Gasteiger partial charge in [0.1, 0.15) is 12.2 Å². The Morgan fingerprint density at radius 1 is 1.36 bits per heavy atom. The van der Waals surface area contributed by atoms with E-state index < -0.39 is 11.5 Å². The molecular weight excluding hydrogens is 322 g/mol. The summed E-state index contributed by atoms with van der Waals surface area (Å²) >= 11 is 0. The van der Waals surface area contributed by atoms with Crippen molar-refractivity contribution in [2.24, 2.45) is 0 Å². The van der Waals surface area contributed by atoms with Gasteiger partial charge in [0, 0.05) is 6.08 Å². The van der Waals surface area contributed by atoms with Crippen LogP contribution in [0.15, 0.2) is 47.3 Å². The zero-order valence-corrected chi connectivity index (χ0v) is 13.9. The lowest BCUT2D eigenvalue weighted by Crippen LogP contribution is -2.30. The highest BCUT2D eigenvalue weighted by molar-refractivity contribution is 5.90. The Kier molecular flexibility index (Phi) is 6.07. The van der Waals surface area contributed by atoms with Gasteiger partial charge in [0.2, 0.25) is 0 Å². The van der Waals surface area contributed by atoms with Gasteiger partial charge in [0.25, 0.3) is 5.56 Å². The fraction of sp³-hybridized carbons (Fsp3) is 0.222. The van der Waals surface area contributed by atoms with Gasteiger partial charge in [-0.25, -0.2) is 14.3 Å². The number of hydrogen-bond donors (Lipinski definition) is 0. The smallest absolute Gasteiger partial charge is 0.345 e. The van der Waals surface area contributed by atoms with Crippen molar-refractivity contribution in [2.45, 2.75) is 13.8 Å². The zero-order valence-electron chi connectivity index (χ0n) is 13.9. The van der Waals surface area contributed by atoms with E-state index in [-0.39, 0.29) is 30.5 Å². The minimum Gasteiger partial charge on any atom is -0.462 e. The molecule has 1 heterocycles. The molecule has 2 rings (SSSR count). The van der Waals surface area contributed by atoms with Crippen molar-refractivity contribution < 1.29 is 14.3 Å². The first kappa shape index (κ1) is 17.9. The topological polar surface area (TPSA) is 94.2 Å². The second-order valence-electron chi connectivity index (χ2n) is 4.89. The Bertz CT molecular complexity index is 880. The Morgan fingerprint density at radius 3 is 2.72 bits per heavy atom. The predicted octanol–water partition coefficient (Wildman–Crippen LogP) is 2.18. The van der Waals surface area contributed by atoms with Crippen LogP contribution >= 0.6 is 0 Å². The van der Waals surface area contributed by atoms with E-state index in [0.29, 0.717) is 5.69 Å². The molecule has 0 saturated carbocycles. The maximum atomic E-state index is 12.9. The van der Waals surface area contributed by atoms with Crippen molar-refractivity contribution in [3.8, 4) is 17.8 Å². The van der Waals surface area contributed by atoms with Gasteiger partial charge in [-0.3, -0.25) is 4.79 Å². The largest absolute Gasteiger partial charge is 0.462 e. The molecule has 0 spiro atoms. The summed E-state index contributed by atoms with van der Waals surface area (Å²) in [6.07, 6.45) is 2.76. The lowest BCUT2D eigenvalue weighted by atomic mass is 10.2. The number of para-hydroxylation sites is 1. The lowest BCUT2D eigenvalue weighted by Gasteiger charge is -2.14. The molecule has 128 valence electrons. The molecular formula is C18H17N3O4. The first-order chi connectivity index (χ1) is 12.1. The number of aryl methyl sites for hydroxylation is 1. The Balaban J connectivity index is 2.60. The summed E-state index contributed by atoms with van der Waals surface area (Å²) in [7, 11) is 0. The van der Waals surface area contributed by atoms with E-state index >= 15 is 0 Å². The fourth-order valence-corrected chi connectivity index (χ4v) is 2.17. The fourth-order valence-electron chi connectivity index (χ4n) is 2.17. The summed E-state index contributed by atoms with van der Waals surface area (Å²) in [5.41, 5.74) is 0.0155. The lowest BCUT2D eigenvalue weighted by molar-refractivity contribution is 0.0522. The highest BCUT2D eigenvalue weighted by Crippen LogP contribution is 2.16. The Hall–Kier alpha value is -3.40.